The van der Waals surface area contributed by atoms with Crippen LogP contribution < -0.4 is 5.32 Å². The van der Waals surface area contributed by atoms with E-state index in [4.69, 9.17) is 4.74 Å². The highest BCUT2D eigenvalue weighted by molar-refractivity contribution is 8.00. The average molecular weight is 342 g/mol. The first-order valence-electron chi connectivity index (χ1n) is 7.76. The van der Waals surface area contributed by atoms with Crippen LogP contribution in [0.25, 0.3) is 0 Å². The molecular weight excluding hydrogens is 314 g/mol. The van der Waals surface area contributed by atoms with Gasteiger partial charge in [0.25, 0.3) is 0 Å². The van der Waals surface area contributed by atoms with E-state index < -0.39 is 0 Å². The van der Waals surface area contributed by atoms with Gasteiger partial charge in [0.15, 0.2) is 5.96 Å². The summed E-state index contributed by atoms with van der Waals surface area (Å²) >= 11 is 3.77. The quantitative estimate of drug-likeness (QED) is 0.638. The van der Waals surface area contributed by atoms with Gasteiger partial charge in [-0.05, 0) is 37.0 Å². The smallest absolute Gasteiger partial charge is 0.193 e. The summed E-state index contributed by atoms with van der Waals surface area (Å²) < 4.78 is 5.79. The second-order valence-corrected chi connectivity index (χ2v) is 7.96. The molecule has 0 aromatic carbocycles. The summed E-state index contributed by atoms with van der Waals surface area (Å²) in [6.45, 7) is 3.67. The van der Waals surface area contributed by atoms with Gasteiger partial charge in [-0.3, -0.25) is 4.99 Å². The monoisotopic (exact) mass is 341 g/mol. The Labute approximate surface area is 142 Å². The molecule has 0 atom stereocenters. The maximum Gasteiger partial charge on any atom is 0.193 e. The van der Waals surface area contributed by atoms with Crippen LogP contribution >= 0.6 is 23.1 Å². The van der Waals surface area contributed by atoms with Gasteiger partial charge in [-0.15, -0.1) is 11.3 Å². The standard InChI is InChI=1S/C16H27N3OS2/c1-17-15(19(2)9-6-14-5-4-12-22-14)18-13-16(21-3)7-10-20-11-8-16/h4-5,12H,6-11,13H2,1-3H3,(H,17,18). The predicted molar refractivity (Wildman–Crippen MR) is 98.3 cm³/mol. The van der Waals surface area contributed by atoms with Crippen molar-refractivity contribution in [2.75, 3.05) is 46.7 Å². The van der Waals surface area contributed by atoms with Gasteiger partial charge in [-0.2, -0.15) is 11.8 Å². The third-order valence-electron chi connectivity index (χ3n) is 4.25. The Hall–Kier alpha value is -0.720. The molecule has 6 heteroatoms. The van der Waals surface area contributed by atoms with E-state index in [9.17, 15) is 0 Å². The lowest BCUT2D eigenvalue weighted by molar-refractivity contribution is 0.0781. The highest BCUT2D eigenvalue weighted by Gasteiger charge is 2.32. The molecule has 1 saturated heterocycles. The lowest BCUT2D eigenvalue weighted by Crippen LogP contribution is -2.48. The summed E-state index contributed by atoms with van der Waals surface area (Å²) in [6, 6.07) is 4.31. The van der Waals surface area contributed by atoms with Crippen LogP contribution in [0.15, 0.2) is 22.5 Å². The van der Waals surface area contributed by atoms with Gasteiger partial charge in [0, 0.05) is 50.0 Å². The van der Waals surface area contributed by atoms with Crippen molar-refractivity contribution in [3.8, 4) is 0 Å². The van der Waals surface area contributed by atoms with E-state index in [-0.39, 0.29) is 4.75 Å². The number of rotatable bonds is 6. The number of ether oxygens (including phenoxy) is 1. The molecule has 0 unspecified atom stereocenters. The maximum absolute atomic E-state index is 5.51. The summed E-state index contributed by atoms with van der Waals surface area (Å²) in [6.07, 6.45) is 5.49. The molecule has 2 heterocycles. The van der Waals surface area contributed by atoms with Crippen molar-refractivity contribution in [1.82, 2.24) is 10.2 Å². The van der Waals surface area contributed by atoms with Crippen molar-refractivity contribution >= 4 is 29.1 Å². The average Bonchev–Trinajstić information content (AvgIpc) is 3.08. The summed E-state index contributed by atoms with van der Waals surface area (Å²) in [7, 11) is 3.97. The Morgan fingerprint density at radius 1 is 1.50 bits per heavy atom. The van der Waals surface area contributed by atoms with Gasteiger partial charge in [0.05, 0.1) is 0 Å². The topological polar surface area (TPSA) is 36.9 Å². The molecule has 2 rings (SSSR count). The largest absolute Gasteiger partial charge is 0.381 e. The van der Waals surface area contributed by atoms with E-state index in [2.05, 4.69) is 46.0 Å². The van der Waals surface area contributed by atoms with Crippen LogP contribution in [-0.4, -0.2) is 62.3 Å². The number of nitrogens with zero attached hydrogens (tertiary/aromatic N) is 2. The highest BCUT2D eigenvalue weighted by atomic mass is 32.2. The van der Waals surface area contributed by atoms with E-state index in [0.29, 0.717) is 0 Å². The predicted octanol–water partition coefficient (Wildman–Crippen LogP) is 2.71. The fraction of sp³-hybridized carbons (Fsp3) is 0.688. The summed E-state index contributed by atoms with van der Waals surface area (Å²) in [5.41, 5.74) is 0. The molecule has 1 N–H and O–H groups in total. The second-order valence-electron chi connectivity index (χ2n) is 5.65. The first kappa shape index (κ1) is 17.6. The molecule has 4 nitrogen and oxygen atoms in total. The Morgan fingerprint density at radius 2 is 2.27 bits per heavy atom. The van der Waals surface area contributed by atoms with Crippen LogP contribution in [0.1, 0.15) is 17.7 Å². The molecule has 0 amide bonds. The summed E-state index contributed by atoms with van der Waals surface area (Å²) in [5.74, 6) is 0.983. The minimum Gasteiger partial charge on any atom is -0.381 e. The molecule has 0 radical (unpaired) electrons. The first-order valence-corrected chi connectivity index (χ1v) is 9.86. The molecule has 1 fully saturated rings. The van der Waals surface area contributed by atoms with E-state index >= 15 is 0 Å². The van der Waals surface area contributed by atoms with E-state index in [1.165, 1.54) is 4.88 Å². The first-order chi connectivity index (χ1) is 10.7. The van der Waals surface area contributed by atoms with Crippen molar-refractivity contribution in [2.45, 2.75) is 24.0 Å². The molecule has 0 spiro atoms. The number of hydrogen-bond acceptors (Lipinski definition) is 4. The molecule has 1 aromatic heterocycles. The molecule has 1 aliphatic rings. The van der Waals surface area contributed by atoms with Crippen LogP contribution in [0.5, 0.6) is 0 Å². The lowest BCUT2D eigenvalue weighted by atomic mass is 9.99. The number of thioether (sulfide) groups is 1. The van der Waals surface area contributed by atoms with Gasteiger partial charge >= 0.3 is 0 Å². The van der Waals surface area contributed by atoms with E-state index in [1.54, 1.807) is 0 Å². The van der Waals surface area contributed by atoms with Gasteiger partial charge < -0.3 is 15.0 Å². The third-order valence-corrected chi connectivity index (χ3v) is 6.61. The number of guanidine groups is 1. The van der Waals surface area contributed by atoms with Crippen molar-refractivity contribution < 1.29 is 4.74 Å². The Bertz CT molecular complexity index is 456. The van der Waals surface area contributed by atoms with Crippen LogP contribution in [0.2, 0.25) is 0 Å². The molecule has 1 aliphatic heterocycles. The van der Waals surface area contributed by atoms with Gasteiger partial charge in [-0.1, -0.05) is 6.07 Å². The Morgan fingerprint density at radius 3 is 2.86 bits per heavy atom. The van der Waals surface area contributed by atoms with E-state index in [1.807, 2.05) is 30.1 Å². The Kier molecular flexibility index (Phi) is 7.05. The molecule has 22 heavy (non-hydrogen) atoms. The third kappa shape index (κ3) is 4.89. The number of hydrogen-bond donors (Lipinski definition) is 1. The van der Waals surface area contributed by atoms with Crippen LogP contribution in [0.4, 0.5) is 0 Å². The van der Waals surface area contributed by atoms with Crippen molar-refractivity contribution in [2.24, 2.45) is 4.99 Å². The fourth-order valence-corrected chi connectivity index (χ4v) is 4.15. The Balaban J connectivity index is 1.83. The van der Waals surface area contributed by atoms with Crippen molar-refractivity contribution in [1.29, 1.82) is 0 Å². The summed E-state index contributed by atoms with van der Waals surface area (Å²) in [5, 5.41) is 5.70. The highest BCUT2D eigenvalue weighted by Crippen LogP contribution is 2.32. The van der Waals surface area contributed by atoms with Crippen molar-refractivity contribution in [3.63, 3.8) is 0 Å². The maximum atomic E-state index is 5.51. The zero-order chi connectivity index (χ0) is 15.8. The van der Waals surface area contributed by atoms with Gasteiger partial charge in [0.1, 0.15) is 0 Å². The molecule has 0 aliphatic carbocycles. The molecular formula is C16H27N3OS2. The lowest BCUT2D eigenvalue weighted by Gasteiger charge is -2.36. The van der Waals surface area contributed by atoms with Gasteiger partial charge in [-0.25, -0.2) is 0 Å². The minimum atomic E-state index is 0.281. The second kappa shape index (κ2) is 8.79. The number of thiophene rings is 1. The molecule has 1 aromatic rings. The zero-order valence-electron chi connectivity index (χ0n) is 13.8. The minimum absolute atomic E-state index is 0.281. The number of likely N-dealkylation sites (N-methyl/N-ethyl adjacent to an activating group) is 1. The molecule has 124 valence electrons. The van der Waals surface area contributed by atoms with Crippen LogP contribution in [-0.2, 0) is 11.2 Å². The summed E-state index contributed by atoms with van der Waals surface area (Å²) in [4.78, 5) is 8.07. The fourth-order valence-electron chi connectivity index (χ4n) is 2.66. The van der Waals surface area contributed by atoms with Crippen LogP contribution in [0, 0.1) is 0 Å². The zero-order valence-corrected chi connectivity index (χ0v) is 15.4. The van der Waals surface area contributed by atoms with E-state index in [0.717, 1.165) is 51.5 Å². The SMILES string of the molecule is CN=C(NCC1(SC)CCOCC1)N(C)CCc1cccs1. The van der Waals surface area contributed by atoms with Crippen LogP contribution in [0.3, 0.4) is 0 Å². The van der Waals surface area contributed by atoms with Crippen molar-refractivity contribution in [3.05, 3.63) is 22.4 Å². The number of nitrogens with one attached hydrogen (secondary N) is 1. The van der Waals surface area contributed by atoms with Gasteiger partial charge in [0.2, 0.25) is 0 Å². The molecule has 0 saturated carbocycles. The number of aliphatic imine (C=N–C) groups is 1. The molecule has 0 bridgehead atoms. The normalized spacial score (nSPS) is 18.2.